The Morgan fingerprint density at radius 3 is 2.55 bits per heavy atom. The summed E-state index contributed by atoms with van der Waals surface area (Å²) in [5.41, 5.74) is 6.63. The van der Waals surface area contributed by atoms with E-state index in [1.54, 1.807) is 11.8 Å². The van der Waals surface area contributed by atoms with Gasteiger partial charge in [-0.3, -0.25) is 9.36 Å². The van der Waals surface area contributed by atoms with Crippen molar-refractivity contribution in [2.45, 2.75) is 56.1 Å². The molecule has 5 rings (SSSR count). The molecular weight excluding hydrogens is 400 g/mol. The van der Waals surface area contributed by atoms with E-state index in [-0.39, 0.29) is 11.0 Å². The van der Waals surface area contributed by atoms with Crippen LogP contribution in [0.15, 0.2) is 76.7 Å². The summed E-state index contributed by atoms with van der Waals surface area (Å²) in [6.07, 6.45) is 5.48. The second kappa shape index (κ2) is 8.16. The first-order valence-corrected chi connectivity index (χ1v) is 12.1. The predicted molar refractivity (Wildman–Crippen MR) is 129 cm³/mol. The molecule has 3 nitrogen and oxygen atoms in total. The Labute approximate surface area is 188 Å². The highest BCUT2D eigenvalue weighted by Gasteiger charge is 2.44. The molecule has 4 heteroatoms. The quantitative estimate of drug-likeness (QED) is 0.284. The zero-order valence-corrected chi connectivity index (χ0v) is 18.9. The molecule has 2 aliphatic carbocycles. The Morgan fingerprint density at radius 2 is 1.81 bits per heavy atom. The fourth-order valence-electron chi connectivity index (χ4n) is 5.25. The second-order valence-electron chi connectivity index (χ2n) is 9.06. The number of rotatable bonds is 5. The summed E-state index contributed by atoms with van der Waals surface area (Å²) in [5, 5.41) is 0.792. The van der Waals surface area contributed by atoms with Crippen LogP contribution in [0.25, 0.3) is 11.3 Å². The maximum Gasteiger partial charge on any atom is 0.258 e. The van der Waals surface area contributed by atoms with Gasteiger partial charge in [-0.15, -0.1) is 0 Å². The van der Waals surface area contributed by atoms with Gasteiger partial charge in [0.1, 0.15) is 0 Å². The van der Waals surface area contributed by atoms with E-state index in [1.165, 1.54) is 18.4 Å². The Bertz CT molecular complexity index is 1190. The van der Waals surface area contributed by atoms with Crippen LogP contribution >= 0.6 is 11.8 Å². The summed E-state index contributed by atoms with van der Waals surface area (Å²) in [7, 11) is 0. The first kappa shape index (κ1) is 20.3. The molecular formula is C27H28N2OS. The standard InChI is InChI=1S/C27H28N2OS/c1-19(2)18-31-26-28-24-22-13-7-6-12-21(22)16-27(14-8-9-15-27)23(24)25(30)29(26)17-20-10-4-3-5-11-20/h3-7,10-13H,1,8-9,14-18H2,2H3. The van der Waals surface area contributed by atoms with Crippen LogP contribution in [0.5, 0.6) is 0 Å². The summed E-state index contributed by atoms with van der Waals surface area (Å²) >= 11 is 1.62. The van der Waals surface area contributed by atoms with Gasteiger partial charge in [-0.05, 0) is 37.3 Å². The summed E-state index contributed by atoms with van der Waals surface area (Å²) in [4.78, 5) is 19.3. The number of benzene rings is 2. The van der Waals surface area contributed by atoms with Crippen LogP contribution in [0.3, 0.4) is 0 Å². The van der Waals surface area contributed by atoms with Crippen LogP contribution in [0.2, 0.25) is 0 Å². The SMILES string of the molecule is C=C(C)CSc1nc2c(c(=O)n1Cc1ccccc1)C1(CCCC1)Cc1ccccc1-2. The van der Waals surface area contributed by atoms with Gasteiger partial charge in [-0.2, -0.15) is 0 Å². The molecule has 1 saturated carbocycles. The summed E-state index contributed by atoms with van der Waals surface area (Å²) in [6, 6.07) is 18.8. The molecule has 1 spiro atoms. The lowest BCUT2D eigenvalue weighted by Gasteiger charge is -2.36. The lowest BCUT2D eigenvalue weighted by Crippen LogP contribution is -2.40. The molecule has 0 unspecified atom stereocenters. The number of fused-ring (bicyclic) bond motifs is 4. The number of aromatic nitrogens is 2. The van der Waals surface area contributed by atoms with Crippen molar-refractivity contribution in [1.29, 1.82) is 0 Å². The minimum Gasteiger partial charge on any atom is -0.283 e. The Balaban J connectivity index is 1.74. The molecule has 1 heterocycles. The summed E-state index contributed by atoms with van der Waals surface area (Å²) in [5.74, 6) is 0.757. The topological polar surface area (TPSA) is 34.9 Å². The minimum atomic E-state index is -0.0657. The average molecular weight is 429 g/mol. The van der Waals surface area contributed by atoms with Crippen molar-refractivity contribution in [2.24, 2.45) is 0 Å². The first-order chi connectivity index (χ1) is 15.1. The van der Waals surface area contributed by atoms with Gasteiger partial charge in [-0.1, -0.05) is 91.4 Å². The molecule has 1 aromatic heterocycles. The molecule has 0 bridgehead atoms. The zero-order valence-electron chi connectivity index (χ0n) is 18.1. The predicted octanol–water partition coefficient (Wildman–Crippen LogP) is 5.99. The molecule has 0 amide bonds. The van der Waals surface area contributed by atoms with Gasteiger partial charge in [0.15, 0.2) is 5.16 Å². The van der Waals surface area contributed by atoms with Gasteiger partial charge >= 0.3 is 0 Å². The maximum atomic E-state index is 14.1. The van der Waals surface area contributed by atoms with E-state index in [4.69, 9.17) is 4.98 Å². The van der Waals surface area contributed by atoms with E-state index >= 15 is 0 Å². The van der Waals surface area contributed by atoms with Crippen LogP contribution in [-0.4, -0.2) is 15.3 Å². The van der Waals surface area contributed by atoms with E-state index in [0.717, 1.165) is 58.1 Å². The van der Waals surface area contributed by atoms with Crippen LogP contribution in [0.4, 0.5) is 0 Å². The van der Waals surface area contributed by atoms with Crippen molar-refractivity contribution in [3.8, 4) is 11.3 Å². The van der Waals surface area contributed by atoms with Crippen molar-refractivity contribution in [3.05, 3.63) is 93.8 Å². The van der Waals surface area contributed by atoms with Crippen LogP contribution in [-0.2, 0) is 18.4 Å². The van der Waals surface area contributed by atoms with Gasteiger partial charge in [-0.25, -0.2) is 4.98 Å². The van der Waals surface area contributed by atoms with Crippen molar-refractivity contribution in [1.82, 2.24) is 9.55 Å². The molecule has 2 aromatic carbocycles. The highest BCUT2D eigenvalue weighted by Crippen LogP contribution is 2.50. The van der Waals surface area contributed by atoms with Gasteiger partial charge in [0.25, 0.3) is 5.56 Å². The number of nitrogens with zero attached hydrogens (tertiary/aromatic N) is 2. The van der Waals surface area contributed by atoms with Gasteiger partial charge < -0.3 is 0 Å². The maximum absolute atomic E-state index is 14.1. The van der Waals surface area contributed by atoms with Crippen molar-refractivity contribution < 1.29 is 0 Å². The monoisotopic (exact) mass is 428 g/mol. The van der Waals surface area contributed by atoms with E-state index < -0.39 is 0 Å². The minimum absolute atomic E-state index is 0.0657. The zero-order chi connectivity index (χ0) is 21.4. The molecule has 0 aliphatic heterocycles. The lowest BCUT2D eigenvalue weighted by molar-refractivity contribution is 0.417. The van der Waals surface area contributed by atoms with E-state index in [1.807, 2.05) is 29.7 Å². The molecule has 0 saturated heterocycles. The van der Waals surface area contributed by atoms with Gasteiger partial charge in [0, 0.05) is 16.7 Å². The van der Waals surface area contributed by atoms with Crippen molar-refractivity contribution in [3.63, 3.8) is 0 Å². The normalized spacial score (nSPS) is 16.2. The third kappa shape index (κ3) is 3.67. The number of hydrogen-bond donors (Lipinski definition) is 0. The molecule has 31 heavy (non-hydrogen) atoms. The highest BCUT2D eigenvalue weighted by molar-refractivity contribution is 7.99. The number of thioether (sulfide) groups is 1. The van der Waals surface area contributed by atoms with Crippen LogP contribution < -0.4 is 5.56 Å². The van der Waals surface area contributed by atoms with Crippen LogP contribution in [0, 0.1) is 0 Å². The summed E-state index contributed by atoms with van der Waals surface area (Å²) < 4.78 is 1.91. The largest absolute Gasteiger partial charge is 0.283 e. The molecule has 3 aromatic rings. The Hall–Kier alpha value is -2.59. The van der Waals surface area contributed by atoms with Crippen molar-refractivity contribution >= 4 is 11.8 Å². The van der Waals surface area contributed by atoms with Gasteiger partial charge in [0.05, 0.1) is 17.8 Å². The smallest absolute Gasteiger partial charge is 0.258 e. The first-order valence-electron chi connectivity index (χ1n) is 11.1. The highest BCUT2D eigenvalue weighted by atomic mass is 32.2. The van der Waals surface area contributed by atoms with E-state index in [9.17, 15) is 4.79 Å². The molecule has 1 fully saturated rings. The lowest BCUT2D eigenvalue weighted by atomic mass is 9.68. The molecule has 158 valence electrons. The second-order valence-corrected chi connectivity index (χ2v) is 10.0. The summed E-state index contributed by atoms with van der Waals surface area (Å²) in [6.45, 7) is 6.63. The Morgan fingerprint density at radius 1 is 1.10 bits per heavy atom. The third-order valence-electron chi connectivity index (χ3n) is 6.66. The molecule has 0 radical (unpaired) electrons. The number of hydrogen-bond acceptors (Lipinski definition) is 3. The van der Waals surface area contributed by atoms with E-state index in [2.05, 4.69) is 43.0 Å². The van der Waals surface area contributed by atoms with Crippen LogP contribution in [0.1, 0.15) is 49.3 Å². The molecule has 0 N–H and O–H groups in total. The fourth-order valence-corrected chi connectivity index (χ4v) is 6.08. The molecule has 0 atom stereocenters. The Kier molecular flexibility index (Phi) is 5.35. The van der Waals surface area contributed by atoms with E-state index in [0.29, 0.717) is 6.54 Å². The fraction of sp³-hybridized carbons (Fsp3) is 0.333. The van der Waals surface area contributed by atoms with Crippen molar-refractivity contribution in [2.75, 3.05) is 5.75 Å². The average Bonchev–Trinajstić information content (AvgIpc) is 3.23. The van der Waals surface area contributed by atoms with Gasteiger partial charge in [0.2, 0.25) is 0 Å². The third-order valence-corrected chi connectivity index (χ3v) is 7.86. The molecule has 2 aliphatic rings.